The lowest BCUT2D eigenvalue weighted by atomic mass is 9.84. The van der Waals surface area contributed by atoms with E-state index in [1.54, 1.807) is 0 Å². The number of nitrogens with two attached hydrogens (primary N) is 1. The zero-order valence-electron chi connectivity index (χ0n) is 8.04. The van der Waals surface area contributed by atoms with Crippen molar-refractivity contribution in [3.8, 4) is 0 Å². The Kier molecular flexibility index (Phi) is 3.69. The molecule has 1 rings (SSSR count). The SMILES string of the molecule is CCC1(COC(=O)CCN)COC1. The minimum absolute atomic E-state index is 0.0876. The summed E-state index contributed by atoms with van der Waals surface area (Å²) in [6.07, 6.45) is 1.30. The monoisotopic (exact) mass is 187 g/mol. The summed E-state index contributed by atoms with van der Waals surface area (Å²) >= 11 is 0. The molecule has 0 unspecified atom stereocenters. The fraction of sp³-hybridized carbons (Fsp3) is 0.889. The Labute approximate surface area is 78.4 Å². The largest absolute Gasteiger partial charge is 0.465 e. The average molecular weight is 187 g/mol. The van der Waals surface area contributed by atoms with Crippen LogP contribution in [0.5, 0.6) is 0 Å². The molecule has 0 radical (unpaired) electrons. The van der Waals surface area contributed by atoms with Crippen molar-refractivity contribution in [2.75, 3.05) is 26.4 Å². The predicted octanol–water partition coefficient (Wildman–Crippen LogP) is 0.305. The molecule has 4 heteroatoms. The lowest BCUT2D eigenvalue weighted by Crippen LogP contribution is -2.46. The fourth-order valence-corrected chi connectivity index (χ4v) is 1.20. The molecule has 0 aromatic heterocycles. The Hall–Kier alpha value is -0.610. The molecule has 0 aromatic carbocycles. The Balaban J connectivity index is 2.20. The van der Waals surface area contributed by atoms with Gasteiger partial charge in [-0.2, -0.15) is 0 Å². The summed E-state index contributed by atoms with van der Waals surface area (Å²) in [6.45, 7) is 4.33. The molecule has 4 nitrogen and oxygen atoms in total. The Morgan fingerprint density at radius 1 is 1.62 bits per heavy atom. The first-order chi connectivity index (χ1) is 6.22. The van der Waals surface area contributed by atoms with E-state index in [-0.39, 0.29) is 11.4 Å². The fourth-order valence-electron chi connectivity index (χ4n) is 1.20. The maximum absolute atomic E-state index is 11.0. The van der Waals surface area contributed by atoms with Gasteiger partial charge in [-0.25, -0.2) is 0 Å². The van der Waals surface area contributed by atoms with Gasteiger partial charge < -0.3 is 15.2 Å². The van der Waals surface area contributed by atoms with Gasteiger partial charge in [0.1, 0.15) is 6.61 Å². The minimum atomic E-state index is -0.206. The molecule has 0 aromatic rings. The van der Waals surface area contributed by atoms with Crippen LogP contribution in [0.15, 0.2) is 0 Å². The predicted molar refractivity (Wildman–Crippen MR) is 48.2 cm³/mol. The summed E-state index contributed by atoms with van der Waals surface area (Å²) in [5.74, 6) is -0.206. The van der Waals surface area contributed by atoms with Gasteiger partial charge in [0.2, 0.25) is 0 Å². The molecule has 1 fully saturated rings. The second kappa shape index (κ2) is 4.58. The Morgan fingerprint density at radius 3 is 2.69 bits per heavy atom. The molecule has 76 valence electrons. The van der Waals surface area contributed by atoms with Crippen molar-refractivity contribution in [1.29, 1.82) is 0 Å². The van der Waals surface area contributed by atoms with Crippen LogP contribution in [0.25, 0.3) is 0 Å². The molecule has 1 saturated heterocycles. The summed E-state index contributed by atoms with van der Waals surface area (Å²) in [6, 6.07) is 0. The highest BCUT2D eigenvalue weighted by atomic mass is 16.5. The standard InChI is InChI=1S/C9H17NO3/c1-2-9(5-12-6-9)7-13-8(11)3-4-10/h2-7,10H2,1H3. The lowest BCUT2D eigenvalue weighted by Gasteiger charge is -2.39. The maximum Gasteiger partial charge on any atom is 0.307 e. The molecule has 0 atom stereocenters. The van der Waals surface area contributed by atoms with Crippen LogP contribution in [0.4, 0.5) is 0 Å². The number of carbonyl (C=O) groups is 1. The van der Waals surface area contributed by atoms with E-state index in [1.807, 2.05) is 0 Å². The molecule has 0 spiro atoms. The zero-order valence-corrected chi connectivity index (χ0v) is 8.04. The molecular formula is C9H17NO3. The summed E-state index contributed by atoms with van der Waals surface area (Å²) in [7, 11) is 0. The smallest absolute Gasteiger partial charge is 0.307 e. The van der Waals surface area contributed by atoms with E-state index in [9.17, 15) is 4.79 Å². The second-order valence-corrected chi connectivity index (χ2v) is 3.55. The molecule has 0 bridgehead atoms. The maximum atomic E-state index is 11.0. The molecule has 0 aliphatic carbocycles. The van der Waals surface area contributed by atoms with E-state index < -0.39 is 0 Å². The Morgan fingerprint density at radius 2 is 2.31 bits per heavy atom. The molecule has 0 amide bonds. The van der Waals surface area contributed by atoms with Gasteiger partial charge in [0.15, 0.2) is 0 Å². The summed E-state index contributed by atoms with van der Waals surface area (Å²) in [5, 5.41) is 0. The first kappa shape index (κ1) is 10.5. The van der Waals surface area contributed by atoms with Crippen molar-refractivity contribution >= 4 is 5.97 Å². The third-order valence-electron chi connectivity index (χ3n) is 2.45. The van der Waals surface area contributed by atoms with Crippen molar-refractivity contribution < 1.29 is 14.3 Å². The molecule has 2 N–H and O–H groups in total. The third-order valence-corrected chi connectivity index (χ3v) is 2.45. The van der Waals surface area contributed by atoms with Gasteiger partial charge in [-0.1, -0.05) is 6.92 Å². The average Bonchev–Trinajstić information content (AvgIpc) is 2.04. The van der Waals surface area contributed by atoms with Crippen molar-refractivity contribution in [2.45, 2.75) is 19.8 Å². The van der Waals surface area contributed by atoms with Crippen LogP contribution in [-0.2, 0) is 14.3 Å². The second-order valence-electron chi connectivity index (χ2n) is 3.55. The molecule has 1 aliphatic heterocycles. The number of hydrogen-bond acceptors (Lipinski definition) is 4. The highest BCUT2D eigenvalue weighted by molar-refractivity contribution is 5.69. The summed E-state index contributed by atoms with van der Waals surface area (Å²) in [4.78, 5) is 11.0. The molecular weight excluding hydrogens is 170 g/mol. The molecule has 1 heterocycles. The van der Waals surface area contributed by atoms with Crippen LogP contribution in [0.3, 0.4) is 0 Å². The normalized spacial score (nSPS) is 19.2. The number of carbonyl (C=O) groups excluding carboxylic acids is 1. The molecule has 1 aliphatic rings. The molecule has 0 saturated carbocycles. The first-order valence-corrected chi connectivity index (χ1v) is 4.66. The van der Waals surface area contributed by atoms with Gasteiger partial charge in [0, 0.05) is 6.54 Å². The van der Waals surface area contributed by atoms with Crippen molar-refractivity contribution in [3.63, 3.8) is 0 Å². The minimum Gasteiger partial charge on any atom is -0.465 e. The van der Waals surface area contributed by atoms with E-state index in [0.717, 1.165) is 6.42 Å². The number of ether oxygens (including phenoxy) is 2. The van der Waals surface area contributed by atoms with Crippen molar-refractivity contribution in [1.82, 2.24) is 0 Å². The van der Waals surface area contributed by atoms with E-state index in [1.165, 1.54) is 0 Å². The topological polar surface area (TPSA) is 61.5 Å². The van der Waals surface area contributed by atoms with Gasteiger partial charge >= 0.3 is 5.97 Å². The van der Waals surface area contributed by atoms with Gasteiger partial charge in [-0.05, 0) is 6.42 Å². The quantitative estimate of drug-likeness (QED) is 0.629. The van der Waals surface area contributed by atoms with E-state index >= 15 is 0 Å². The zero-order chi connectivity index (χ0) is 9.73. The van der Waals surface area contributed by atoms with Gasteiger partial charge in [-0.15, -0.1) is 0 Å². The van der Waals surface area contributed by atoms with Crippen LogP contribution in [-0.4, -0.2) is 32.3 Å². The summed E-state index contributed by atoms with van der Waals surface area (Å²) < 4.78 is 10.2. The number of hydrogen-bond donors (Lipinski definition) is 1. The van der Waals surface area contributed by atoms with Crippen LogP contribution < -0.4 is 5.73 Å². The summed E-state index contributed by atoms with van der Waals surface area (Å²) in [5.41, 5.74) is 5.31. The van der Waals surface area contributed by atoms with Gasteiger partial charge in [-0.3, -0.25) is 4.79 Å². The first-order valence-electron chi connectivity index (χ1n) is 4.66. The Bertz CT molecular complexity index is 172. The molecule has 13 heavy (non-hydrogen) atoms. The van der Waals surface area contributed by atoms with Crippen molar-refractivity contribution in [3.05, 3.63) is 0 Å². The van der Waals surface area contributed by atoms with Crippen LogP contribution >= 0.6 is 0 Å². The lowest BCUT2D eigenvalue weighted by molar-refractivity contribution is -0.170. The van der Waals surface area contributed by atoms with E-state index in [0.29, 0.717) is 32.8 Å². The highest BCUT2D eigenvalue weighted by Crippen LogP contribution is 2.31. The van der Waals surface area contributed by atoms with Crippen molar-refractivity contribution in [2.24, 2.45) is 11.1 Å². The van der Waals surface area contributed by atoms with E-state index in [2.05, 4.69) is 6.92 Å². The van der Waals surface area contributed by atoms with E-state index in [4.69, 9.17) is 15.2 Å². The van der Waals surface area contributed by atoms with Gasteiger partial charge in [0.25, 0.3) is 0 Å². The van der Waals surface area contributed by atoms with Crippen LogP contribution in [0, 0.1) is 5.41 Å². The highest BCUT2D eigenvalue weighted by Gasteiger charge is 2.38. The third kappa shape index (κ3) is 2.67. The number of rotatable bonds is 5. The van der Waals surface area contributed by atoms with Gasteiger partial charge in [0.05, 0.1) is 25.0 Å². The van der Waals surface area contributed by atoms with Crippen LogP contribution in [0.1, 0.15) is 19.8 Å². The van der Waals surface area contributed by atoms with Crippen LogP contribution in [0.2, 0.25) is 0 Å². The number of esters is 1.